The number of hydrogen-bond donors (Lipinski definition) is 2. The van der Waals surface area contributed by atoms with Crippen LogP contribution in [0.5, 0.6) is 5.75 Å². The van der Waals surface area contributed by atoms with E-state index in [4.69, 9.17) is 16.3 Å². The number of nitrogens with one attached hydrogen (secondary N) is 2. The van der Waals surface area contributed by atoms with Gasteiger partial charge in [0.1, 0.15) is 5.75 Å². The van der Waals surface area contributed by atoms with Crippen molar-refractivity contribution in [3.63, 3.8) is 0 Å². The molecule has 2 aromatic rings. The Labute approximate surface area is 184 Å². The van der Waals surface area contributed by atoms with Crippen LogP contribution in [-0.2, 0) is 6.54 Å². The van der Waals surface area contributed by atoms with Gasteiger partial charge in [-0.3, -0.25) is 9.69 Å². The number of carbonyl (C=O) groups excluding carboxylic acids is 1. The lowest BCUT2D eigenvalue weighted by atomic mass is 10.1. The number of amides is 1. The summed E-state index contributed by atoms with van der Waals surface area (Å²) in [5.74, 6) is 0.341. The fraction of sp³-hybridized carbons (Fsp3) is 0.409. The second-order valence-corrected chi connectivity index (χ2v) is 7.64. The van der Waals surface area contributed by atoms with Crippen molar-refractivity contribution in [2.24, 2.45) is 0 Å². The first-order valence-electron chi connectivity index (χ1n) is 9.66. The molecule has 158 valence electrons. The molecule has 1 aliphatic rings. The van der Waals surface area contributed by atoms with Crippen molar-refractivity contribution < 1.29 is 9.53 Å². The van der Waals surface area contributed by atoms with E-state index in [1.54, 1.807) is 26.3 Å². The average molecular weight is 438 g/mol. The minimum atomic E-state index is -0.166. The molecule has 0 spiro atoms. The van der Waals surface area contributed by atoms with Crippen LogP contribution in [-0.4, -0.2) is 43.6 Å². The molecule has 1 amide bonds. The molecule has 29 heavy (non-hydrogen) atoms. The molecule has 0 aliphatic carbocycles. The summed E-state index contributed by atoms with van der Waals surface area (Å²) in [6.07, 6.45) is 2.21. The van der Waals surface area contributed by atoms with Crippen LogP contribution in [0.3, 0.4) is 0 Å². The molecule has 7 heteroatoms. The molecule has 3 rings (SSSR count). The van der Waals surface area contributed by atoms with Gasteiger partial charge in [-0.25, -0.2) is 0 Å². The van der Waals surface area contributed by atoms with Gasteiger partial charge in [-0.15, -0.1) is 12.4 Å². The Kier molecular flexibility index (Phi) is 8.62. The average Bonchev–Trinajstić information content (AvgIpc) is 3.06. The molecule has 1 fully saturated rings. The maximum absolute atomic E-state index is 12.8. The monoisotopic (exact) mass is 437 g/mol. The van der Waals surface area contributed by atoms with Crippen molar-refractivity contribution in [3.05, 3.63) is 58.6 Å². The summed E-state index contributed by atoms with van der Waals surface area (Å²) in [5.41, 5.74) is 2.48. The molecule has 2 N–H and O–H groups in total. The first-order valence-corrected chi connectivity index (χ1v) is 10.0. The molecule has 0 radical (unpaired) electrons. The number of nitrogens with zero attached hydrogens (tertiary/aromatic N) is 1. The van der Waals surface area contributed by atoms with E-state index < -0.39 is 0 Å². The van der Waals surface area contributed by atoms with E-state index in [-0.39, 0.29) is 18.3 Å². The Bertz CT molecular complexity index is 817. The lowest BCUT2D eigenvalue weighted by Gasteiger charge is -2.28. The van der Waals surface area contributed by atoms with E-state index in [1.807, 2.05) is 6.07 Å². The number of hydrogen-bond acceptors (Lipinski definition) is 4. The van der Waals surface area contributed by atoms with Gasteiger partial charge in [-0.05, 0) is 31.4 Å². The van der Waals surface area contributed by atoms with E-state index in [9.17, 15) is 4.79 Å². The largest absolute Gasteiger partial charge is 0.496 e. The number of ether oxygens (including phenoxy) is 1. The third-order valence-electron chi connectivity index (χ3n) is 5.46. The lowest BCUT2D eigenvalue weighted by Crippen LogP contribution is -2.42. The van der Waals surface area contributed by atoms with Crippen molar-refractivity contribution in [2.45, 2.75) is 38.4 Å². The minimum absolute atomic E-state index is 0. The van der Waals surface area contributed by atoms with E-state index in [1.165, 1.54) is 5.56 Å². The number of benzene rings is 2. The highest BCUT2D eigenvalue weighted by molar-refractivity contribution is 6.33. The second-order valence-electron chi connectivity index (χ2n) is 7.23. The van der Waals surface area contributed by atoms with E-state index in [2.05, 4.69) is 46.7 Å². The molecule has 0 aromatic heterocycles. The maximum Gasteiger partial charge on any atom is 0.255 e. The number of anilines is 1. The normalized spacial score (nSPS) is 18.8. The molecule has 1 heterocycles. The van der Waals surface area contributed by atoms with Crippen LogP contribution >= 0.6 is 24.0 Å². The van der Waals surface area contributed by atoms with Crippen molar-refractivity contribution in [3.8, 4) is 5.75 Å². The standard InChI is InChI=1S/C22H28ClN3O2.ClH/c1-15-9-10-17(26(15)14-16-7-5-4-6-8-16)13-25-22(27)18-11-19(23)20(24-2)12-21(18)28-3;/h4-8,11-12,15,17,24H,9-10,13-14H2,1-3H3,(H,25,27);1H. The van der Waals surface area contributed by atoms with Crippen LogP contribution < -0.4 is 15.4 Å². The van der Waals surface area contributed by atoms with Gasteiger partial charge >= 0.3 is 0 Å². The third-order valence-corrected chi connectivity index (χ3v) is 5.77. The Morgan fingerprint density at radius 2 is 1.97 bits per heavy atom. The third kappa shape index (κ3) is 5.56. The summed E-state index contributed by atoms with van der Waals surface area (Å²) in [4.78, 5) is 15.3. The first kappa shape index (κ1) is 23.3. The van der Waals surface area contributed by atoms with Gasteiger partial charge in [0.15, 0.2) is 0 Å². The van der Waals surface area contributed by atoms with Crippen LogP contribution in [0.4, 0.5) is 5.69 Å². The smallest absolute Gasteiger partial charge is 0.255 e. The zero-order valence-corrected chi connectivity index (χ0v) is 18.6. The number of carbonyl (C=O) groups is 1. The molecule has 1 saturated heterocycles. The fourth-order valence-corrected chi connectivity index (χ4v) is 4.08. The van der Waals surface area contributed by atoms with E-state index >= 15 is 0 Å². The Morgan fingerprint density at radius 1 is 1.24 bits per heavy atom. The highest BCUT2D eigenvalue weighted by atomic mass is 35.5. The topological polar surface area (TPSA) is 53.6 Å². The molecule has 2 atom stereocenters. The first-order chi connectivity index (χ1) is 13.5. The molecule has 2 aromatic carbocycles. The Balaban J connectivity index is 0.00000300. The number of methoxy groups -OCH3 is 1. The molecular weight excluding hydrogens is 409 g/mol. The number of halogens is 2. The summed E-state index contributed by atoms with van der Waals surface area (Å²) >= 11 is 6.26. The van der Waals surface area contributed by atoms with E-state index in [0.29, 0.717) is 35.0 Å². The lowest BCUT2D eigenvalue weighted by molar-refractivity contribution is 0.0931. The molecule has 0 bridgehead atoms. The van der Waals surface area contributed by atoms with Gasteiger partial charge in [-0.1, -0.05) is 41.9 Å². The summed E-state index contributed by atoms with van der Waals surface area (Å²) in [6.45, 7) is 3.75. The zero-order chi connectivity index (χ0) is 20.1. The van der Waals surface area contributed by atoms with E-state index in [0.717, 1.165) is 25.1 Å². The van der Waals surface area contributed by atoms with Gasteiger partial charge in [0.2, 0.25) is 0 Å². The Hall–Kier alpha value is -1.95. The fourth-order valence-electron chi connectivity index (χ4n) is 3.82. The van der Waals surface area contributed by atoms with Crippen LogP contribution in [0, 0.1) is 0 Å². The molecule has 5 nitrogen and oxygen atoms in total. The van der Waals surface area contributed by atoms with Crippen molar-refractivity contribution in [2.75, 3.05) is 26.0 Å². The molecule has 0 saturated carbocycles. The minimum Gasteiger partial charge on any atom is -0.496 e. The quantitative estimate of drug-likeness (QED) is 0.664. The summed E-state index contributed by atoms with van der Waals surface area (Å²) in [5, 5.41) is 6.57. The van der Waals surface area contributed by atoms with Crippen molar-refractivity contribution in [1.29, 1.82) is 0 Å². The van der Waals surface area contributed by atoms with Crippen molar-refractivity contribution >= 4 is 35.6 Å². The van der Waals surface area contributed by atoms with Gasteiger partial charge in [0, 0.05) is 38.3 Å². The maximum atomic E-state index is 12.8. The van der Waals surface area contributed by atoms with Gasteiger partial charge in [0.05, 0.1) is 23.4 Å². The predicted molar refractivity (Wildman–Crippen MR) is 122 cm³/mol. The SMILES string of the molecule is CNc1cc(OC)c(C(=O)NCC2CCC(C)N2Cc2ccccc2)cc1Cl.Cl. The highest BCUT2D eigenvalue weighted by Gasteiger charge is 2.31. The van der Waals surface area contributed by atoms with Crippen LogP contribution in [0.2, 0.25) is 5.02 Å². The predicted octanol–water partition coefficient (Wildman–Crippen LogP) is 4.60. The van der Waals surface area contributed by atoms with Gasteiger partial charge in [-0.2, -0.15) is 0 Å². The van der Waals surface area contributed by atoms with Gasteiger partial charge < -0.3 is 15.4 Å². The van der Waals surface area contributed by atoms with Crippen LogP contribution in [0.15, 0.2) is 42.5 Å². The summed E-state index contributed by atoms with van der Waals surface area (Å²) in [7, 11) is 3.34. The van der Waals surface area contributed by atoms with Crippen molar-refractivity contribution in [1.82, 2.24) is 10.2 Å². The number of likely N-dealkylation sites (tertiary alicyclic amines) is 1. The molecular formula is C22H29Cl2N3O2. The summed E-state index contributed by atoms with van der Waals surface area (Å²) in [6, 6.07) is 14.7. The van der Waals surface area contributed by atoms with Crippen LogP contribution in [0.25, 0.3) is 0 Å². The highest BCUT2D eigenvalue weighted by Crippen LogP contribution is 2.31. The molecule has 2 unspecified atom stereocenters. The van der Waals surface area contributed by atoms with Gasteiger partial charge in [0.25, 0.3) is 5.91 Å². The Morgan fingerprint density at radius 3 is 2.62 bits per heavy atom. The summed E-state index contributed by atoms with van der Waals surface area (Å²) < 4.78 is 5.38. The number of rotatable bonds is 7. The van der Waals surface area contributed by atoms with Crippen LogP contribution in [0.1, 0.15) is 35.7 Å². The second kappa shape index (κ2) is 10.7. The molecule has 1 aliphatic heterocycles. The zero-order valence-electron chi connectivity index (χ0n) is 17.1.